The van der Waals surface area contributed by atoms with Crippen molar-refractivity contribution in [1.82, 2.24) is 10.2 Å². The highest BCUT2D eigenvalue weighted by Crippen LogP contribution is 2.34. The second-order valence-corrected chi connectivity index (χ2v) is 8.78. The van der Waals surface area contributed by atoms with Gasteiger partial charge in [-0.3, -0.25) is 14.5 Å². The first-order valence-electron chi connectivity index (χ1n) is 12.0. The summed E-state index contributed by atoms with van der Waals surface area (Å²) in [7, 11) is 0. The zero-order chi connectivity index (χ0) is 27.1. The van der Waals surface area contributed by atoms with Gasteiger partial charge in [0, 0.05) is 28.6 Å². The molecule has 0 saturated heterocycles. The Labute approximate surface area is 219 Å². The molecule has 38 heavy (non-hydrogen) atoms. The van der Waals surface area contributed by atoms with Gasteiger partial charge in [0.2, 0.25) is 11.8 Å². The largest absolute Gasteiger partial charge is 0.445 e. The summed E-state index contributed by atoms with van der Waals surface area (Å²) in [5.74, 6) is -1.20. The van der Waals surface area contributed by atoms with Crippen molar-refractivity contribution in [2.45, 2.75) is 32.0 Å². The number of nitrogens with one attached hydrogen (secondary N) is 1. The van der Waals surface area contributed by atoms with Crippen LogP contribution in [0.5, 0.6) is 0 Å². The van der Waals surface area contributed by atoms with Crippen LogP contribution < -0.4 is 16.0 Å². The van der Waals surface area contributed by atoms with Gasteiger partial charge in [0.1, 0.15) is 19.3 Å². The molecule has 3 aromatic carbocycles. The topological polar surface area (TPSA) is 154 Å². The third kappa shape index (κ3) is 6.09. The van der Waals surface area contributed by atoms with Gasteiger partial charge < -0.3 is 20.7 Å². The SMILES string of the molecule is C[C@H](N)C(=O)N1C=C(C[C@H](NC(=O)OCc2ccccc2)C(=O)N=[N+]=[N-])N(c2cccc3ccccc23)C1. The number of carbonyl (C=O) groups is 3. The Kier molecular flexibility index (Phi) is 8.22. The number of carbonyl (C=O) groups excluding carboxylic acids is 3. The highest BCUT2D eigenvalue weighted by molar-refractivity contribution is 5.96. The van der Waals surface area contributed by atoms with E-state index < -0.39 is 24.1 Å². The molecule has 11 heteroatoms. The molecule has 1 aliphatic heterocycles. The number of azide groups is 1. The van der Waals surface area contributed by atoms with Gasteiger partial charge in [-0.25, -0.2) is 4.79 Å². The van der Waals surface area contributed by atoms with Crippen molar-refractivity contribution in [3.8, 4) is 0 Å². The van der Waals surface area contributed by atoms with Gasteiger partial charge in [-0.05, 0) is 34.6 Å². The van der Waals surface area contributed by atoms with Crippen LogP contribution >= 0.6 is 0 Å². The van der Waals surface area contributed by atoms with Crippen molar-refractivity contribution in [3.05, 3.63) is 101 Å². The zero-order valence-electron chi connectivity index (χ0n) is 20.7. The Morgan fingerprint density at radius 3 is 2.53 bits per heavy atom. The fraction of sp³-hybridized carbons (Fsp3) is 0.222. The maximum atomic E-state index is 12.8. The normalized spacial score (nSPS) is 14.3. The minimum atomic E-state index is -1.23. The summed E-state index contributed by atoms with van der Waals surface area (Å²) in [6, 6.07) is 20.6. The number of ether oxygens (including phenoxy) is 1. The minimum Gasteiger partial charge on any atom is -0.445 e. The van der Waals surface area contributed by atoms with Crippen LogP contribution in [0.25, 0.3) is 21.2 Å². The van der Waals surface area contributed by atoms with Crippen LogP contribution in [0.3, 0.4) is 0 Å². The Hall–Kier alpha value is -4.86. The third-order valence-corrected chi connectivity index (χ3v) is 6.03. The van der Waals surface area contributed by atoms with E-state index in [1.165, 1.54) is 4.90 Å². The molecule has 0 radical (unpaired) electrons. The van der Waals surface area contributed by atoms with Crippen molar-refractivity contribution in [1.29, 1.82) is 0 Å². The molecule has 0 aliphatic carbocycles. The van der Waals surface area contributed by atoms with Crippen molar-refractivity contribution < 1.29 is 19.1 Å². The van der Waals surface area contributed by atoms with E-state index in [4.69, 9.17) is 16.0 Å². The minimum absolute atomic E-state index is 0.00338. The lowest BCUT2D eigenvalue weighted by Gasteiger charge is -2.27. The summed E-state index contributed by atoms with van der Waals surface area (Å²) < 4.78 is 5.26. The molecule has 11 nitrogen and oxygen atoms in total. The number of fused-ring (bicyclic) bond motifs is 1. The van der Waals surface area contributed by atoms with Crippen LogP contribution in [0.15, 0.2) is 89.8 Å². The quantitative estimate of drug-likeness (QED) is 0.262. The van der Waals surface area contributed by atoms with E-state index in [0.29, 0.717) is 5.70 Å². The summed E-state index contributed by atoms with van der Waals surface area (Å²) in [6.45, 7) is 1.75. The Morgan fingerprint density at radius 1 is 1.08 bits per heavy atom. The van der Waals surface area contributed by atoms with Crippen molar-refractivity contribution in [2.24, 2.45) is 10.8 Å². The maximum absolute atomic E-state index is 12.8. The molecule has 3 amide bonds. The fourth-order valence-corrected chi connectivity index (χ4v) is 4.20. The highest BCUT2D eigenvalue weighted by Gasteiger charge is 2.32. The van der Waals surface area contributed by atoms with E-state index in [0.717, 1.165) is 22.0 Å². The van der Waals surface area contributed by atoms with Gasteiger partial charge in [0.25, 0.3) is 0 Å². The number of anilines is 1. The van der Waals surface area contributed by atoms with Crippen molar-refractivity contribution in [3.63, 3.8) is 0 Å². The molecule has 4 rings (SSSR count). The summed E-state index contributed by atoms with van der Waals surface area (Å²) in [6.07, 6.45) is 0.685. The third-order valence-electron chi connectivity index (χ3n) is 6.03. The zero-order valence-corrected chi connectivity index (χ0v) is 20.7. The van der Waals surface area contributed by atoms with Crippen LogP contribution in [0.4, 0.5) is 10.5 Å². The molecule has 1 heterocycles. The number of nitrogens with two attached hydrogens (primary N) is 1. The molecule has 3 aromatic rings. The molecule has 0 fully saturated rings. The summed E-state index contributed by atoms with van der Waals surface area (Å²) >= 11 is 0. The molecule has 0 saturated carbocycles. The van der Waals surface area contributed by atoms with Crippen LogP contribution in [-0.4, -0.2) is 41.6 Å². The number of hydrogen-bond donors (Lipinski definition) is 2. The van der Waals surface area contributed by atoms with Crippen molar-refractivity contribution >= 4 is 34.4 Å². The van der Waals surface area contributed by atoms with E-state index in [1.807, 2.05) is 65.6 Å². The molecule has 0 unspecified atom stereocenters. The number of nitrogens with zero attached hydrogens (tertiary/aromatic N) is 5. The van der Waals surface area contributed by atoms with Gasteiger partial charge in [-0.15, -0.1) is 0 Å². The first-order valence-corrected chi connectivity index (χ1v) is 12.0. The predicted molar refractivity (Wildman–Crippen MR) is 142 cm³/mol. The first-order chi connectivity index (χ1) is 18.4. The molecule has 0 bridgehead atoms. The van der Waals surface area contributed by atoms with E-state index >= 15 is 0 Å². The lowest BCUT2D eigenvalue weighted by molar-refractivity contribution is -0.129. The molecular weight excluding hydrogens is 486 g/mol. The average Bonchev–Trinajstić information content (AvgIpc) is 3.34. The molecule has 3 N–H and O–H groups in total. The highest BCUT2D eigenvalue weighted by atomic mass is 16.5. The Balaban J connectivity index is 1.61. The number of amides is 3. The number of rotatable bonds is 8. The molecule has 0 spiro atoms. The van der Waals surface area contributed by atoms with Crippen molar-refractivity contribution in [2.75, 3.05) is 11.6 Å². The van der Waals surface area contributed by atoms with E-state index in [2.05, 4.69) is 15.3 Å². The number of alkyl carbamates (subject to hydrolysis) is 1. The van der Waals surface area contributed by atoms with Crippen LogP contribution in [0.2, 0.25) is 0 Å². The first kappa shape index (κ1) is 26.2. The second-order valence-electron chi connectivity index (χ2n) is 8.78. The van der Waals surface area contributed by atoms with Crippen LogP contribution in [0.1, 0.15) is 18.9 Å². The van der Waals surface area contributed by atoms with Gasteiger partial charge in [-0.2, -0.15) is 0 Å². The van der Waals surface area contributed by atoms with Crippen LogP contribution in [0, 0.1) is 0 Å². The monoisotopic (exact) mass is 513 g/mol. The summed E-state index contributed by atoms with van der Waals surface area (Å²) in [5.41, 5.74) is 16.8. The summed E-state index contributed by atoms with van der Waals surface area (Å²) in [4.78, 5) is 43.9. The molecular formula is C27H27N7O4. The molecule has 194 valence electrons. The van der Waals surface area contributed by atoms with E-state index in [9.17, 15) is 14.4 Å². The van der Waals surface area contributed by atoms with Gasteiger partial charge in [-0.1, -0.05) is 66.7 Å². The Bertz CT molecular complexity index is 1410. The van der Waals surface area contributed by atoms with E-state index in [1.54, 1.807) is 25.3 Å². The van der Waals surface area contributed by atoms with Gasteiger partial charge in [0.15, 0.2) is 0 Å². The van der Waals surface area contributed by atoms with Gasteiger partial charge >= 0.3 is 6.09 Å². The Morgan fingerprint density at radius 2 is 1.79 bits per heavy atom. The number of hydrogen-bond acceptors (Lipinski definition) is 6. The fourth-order valence-electron chi connectivity index (χ4n) is 4.20. The standard InChI is InChI=1S/C27H27N7O4/c1-18(28)26(36)33-15-21(34(17-33)24-13-7-11-20-10-5-6-12-22(20)24)14-23(25(35)31-32-29)30-27(37)38-16-19-8-3-2-4-9-19/h2-13,15,18,23H,14,16-17,28H2,1H3,(H,30,37)/t18-,23-/m0/s1. The number of benzene rings is 3. The molecule has 1 aliphatic rings. The predicted octanol–water partition coefficient (Wildman–Crippen LogP) is 4.16. The summed E-state index contributed by atoms with van der Waals surface area (Å²) in [5, 5.41) is 7.62. The lowest BCUT2D eigenvalue weighted by atomic mass is 10.1. The van der Waals surface area contributed by atoms with Gasteiger partial charge in [0.05, 0.1) is 11.7 Å². The van der Waals surface area contributed by atoms with E-state index in [-0.39, 0.29) is 25.6 Å². The van der Waals surface area contributed by atoms with Crippen LogP contribution in [-0.2, 0) is 20.9 Å². The molecule has 0 aromatic heterocycles. The maximum Gasteiger partial charge on any atom is 0.408 e. The smallest absolute Gasteiger partial charge is 0.408 e. The second kappa shape index (κ2) is 11.9. The molecule has 2 atom stereocenters. The lowest BCUT2D eigenvalue weighted by Crippen LogP contribution is -2.42. The average molecular weight is 514 g/mol.